The van der Waals surface area contributed by atoms with Crippen LogP contribution in [0.1, 0.15) is 69.2 Å². The first-order valence-electron chi connectivity index (χ1n) is 9.45. The Labute approximate surface area is 145 Å². The minimum atomic E-state index is 0.325. The Morgan fingerprint density at radius 1 is 1.33 bits per heavy atom. The number of fused-ring (bicyclic) bond motifs is 1. The summed E-state index contributed by atoms with van der Waals surface area (Å²) in [7, 11) is 0. The summed E-state index contributed by atoms with van der Waals surface area (Å²) in [6.07, 6.45) is 9.67. The van der Waals surface area contributed by atoms with Gasteiger partial charge in [0.25, 0.3) is 0 Å². The average Bonchev–Trinajstić information content (AvgIpc) is 2.98. The number of aliphatic imine (C=N–C) groups is 1. The Hall–Kier alpha value is -1.71. The fourth-order valence-corrected chi connectivity index (χ4v) is 4.06. The molecule has 0 aromatic carbocycles. The zero-order chi connectivity index (χ0) is 16.9. The summed E-state index contributed by atoms with van der Waals surface area (Å²) in [4.78, 5) is 21.5. The molecule has 1 aliphatic carbocycles. The van der Waals surface area contributed by atoms with Crippen molar-refractivity contribution >= 4 is 11.6 Å². The fraction of sp³-hybridized carbons (Fsp3) is 0.650. The van der Waals surface area contributed by atoms with Gasteiger partial charge in [-0.2, -0.15) is 0 Å². The van der Waals surface area contributed by atoms with Crippen molar-refractivity contribution in [3.63, 3.8) is 0 Å². The number of rotatable bonds is 6. The molecule has 1 aromatic heterocycles. The van der Waals surface area contributed by atoms with Gasteiger partial charge in [-0.3, -0.25) is 14.8 Å². The molecule has 4 heteroatoms. The second-order valence-corrected chi connectivity index (χ2v) is 7.32. The zero-order valence-corrected chi connectivity index (χ0v) is 15.0. The molecule has 1 fully saturated rings. The van der Waals surface area contributed by atoms with Crippen LogP contribution in [-0.4, -0.2) is 23.1 Å². The van der Waals surface area contributed by atoms with Crippen molar-refractivity contribution in [2.75, 3.05) is 6.54 Å². The van der Waals surface area contributed by atoms with E-state index < -0.39 is 0 Å². The van der Waals surface area contributed by atoms with E-state index >= 15 is 0 Å². The van der Waals surface area contributed by atoms with Crippen LogP contribution < -0.4 is 5.32 Å². The Morgan fingerprint density at radius 3 is 2.88 bits per heavy atom. The van der Waals surface area contributed by atoms with Gasteiger partial charge < -0.3 is 5.32 Å². The number of carbonyl (C=O) groups excluding carboxylic acids is 1. The molecule has 4 nitrogen and oxygen atoms in total. The Bertz CT molecular complexity index is 617. The lowest BCUT2D eigenvalue weighted by atomic mass is 9.78. The van der Waals surface area contributed by atoms with E-state index in [9.17, 15) is 4.79 Å². The molecule has 24 heavy (non-hydrogen) atoms. The molecule has 0 radical (unpaired) electrons. The maximum atomic E-state index is 12.5. The third-order valence-electron chi connectivity index (χ3n) is 5.44. The molecule has 0 spiro atoms. The standard InChI is InChI=1S/C20H29N3O/c1-3-21-20-19-13-22-17(10-16(19)12-23-20)11-18(24)9-14(2)15-7-5-4-6-8-15/h10,13-15H,3-9,11-12H2,1-2H3,(H,21,23)/t14-/m0/s1. The van der Waals surface area contributed by atoms with E-state index in [1.54, 1.807) is 0 Å². The lowest BCUT2D eigenvalue weighted by Crippen LogP contribution is -2.22. The van der Waals surface area contributed by atoms with Crippen LogP contribution in [0, 0.1) is 11.8 Å². The number of hydrogen-bond acceptors (Lipinski definition) is 4. The first-order chi connectivity index (χ1) is 11.7. The Balaban J connectivity index is 1.55. The van der Waals surface area contributed by atoms with Crippen LogP contribution in [0.4, 0.5) is 0 Å². The van der Waals surface area contributed by atoms with Crippen LogP contribution in [0.3, 0.4) is 0 Å². The van der Waals surface area contributed by atoms with Crippen LogP contribution in [0.25, 0.3) is 0 Å². The third-order valence-corrected chi connectivity index (χ3v) is 5.44. The monoisotopic (exact) mass is 327 g/mol. The van der Waals surface area contributed by atoms with E-state index in [2.05, 4.69) is 35.2 Å². The number of carbonyl (C=O) groups is 1. The molecule has 0 amide bonds. The Kier molecular flexibility index (Phi) is 5.64. The fourth-order valence-electron chi connectivity index (χ4n) is 4.06. The molecular weight excluding hydrogens is 298 g/mol. The van der Waals surface area contributed by atoms with Gasteiger partial charge >= 0.3 is 0 Å². The number of nitrogens with zero attached hydrogens (tertiary/aromatic N) is 2. The van der Waals surface area contributed by atoms with Crippen LogP contribution in [0.5, 0.6) is 0 Å². The average molecular weight is 327 g/mol. The van der Waals surface area contributed by atoms with E-state index in [0.717, 1.165) is 29.6 Å². The summed E-state index contributed by atoms with van der Waals surface area (Å²) in [5.74, 6) is 2.51. The molecule has 0 saturated heterocycles. The van der Waals surface area contributed by atoms with Crippen LogP contribution in [0.15, 0.2) is 17.3 Å². The summed E-state index contributed by atoms with van der Waals surface area (Å²) in [5.41, 5.74) is 3.16. The summed E-state index contributed by atoms with van der Waals surface area (Å²) in [5, 5.41) is 3.27. The van der Waals surface area contributed by atoms with Gasteiger partial charge in [-0.1, -0.05) is 39.0 Å². The van der Waals surface area contributed by atoms with E-state index in [1.165, 1.54) is 37.7 Å². The molecule has 3 rings (SSSR count). The molecule has 1 aliphatic heterocycles. The molecule has 2 heterocycles. The normalized spacial score (nSPS) is 18.8. The minimum absolute atomic E-state index is 0.325. The minimum Gasteiger partial charge on any atom is -0.370 e. The predicted octanol–water partition coefficient (Wildman–Crippen LogP) is 3.67. The SMILES string of the molecule is CCNC1=NCc2cc(CC(=O)C[C@H](C)C3CCCCC3)ncc21. The molecule has 1 aromatic rings. The van der Waals surface area contributed by atoms with Crippen molar-refractivity contribution in [2.24, 2.45) is 16.8 Å². The maximum absolute atomic E-state index is 12.5. The van der Waals surface area contributed by atoms with Gasteiger partial charge in [-0.25, -0.2) is 0 Å². The van der Waals surface area contributed by atoms with Crippen molar-refractivity contribution in [1.29, 1.82) is 0 Å². The summed E-state index contributed by atoms with van der Waals surface area (Å²) in [6, 6.07) is 2.06. The van der Waals surface area contributed by atoms with Gasteiger partial charge in [0.05, 0.1) is 6.54 Å². The van der Waals surface area contributed by atoms with Gasteiger partial charge in [0, 0.05) is 36.8 Å². The van der Waals surface area contributed by atoms with E-state index in [-0.39, 0.29) is 0 Å². The molecule has 1 saturated carbocycles. The highest BCUT2D eigenvalue weighted by Crippen LogP contribution is 2.31. The number of amidine groups is 1. The second-order valence-electron chi connectivity index (χ2n) is 7.32. The highest BCUT2D eigenvalue weighted by atomic mass is 16.1. The van der Waals surface area contributed by atoms with Crippen molar-refractivity contribution in [3.8, 4) is 0 Å². The first kappa shape index (κ1) is 17.1. The molecular formula is C20H29N3O. The number of nitrogens with one attached hydrogen (secondary N) is 1. The van der Waals surface area contributed by atoms with E-state index in [4.69, 9.17) is 0 Å². The first-order valence-corrected chi connectivity index (χ1v) is 9.45. The number of aromatic nitrogens is 1. The van der Waals surface area contributed by atoms with Gasteiger partial charge in [0.15, 0.2) is 0 Å². The van der Waals surface area contributed by atoms with Crippen LogP contribution in [0.2, 0.25) is 0 Å². The molecule has 0 bridgehead atoms. The summed E-state index contributed by atoms with van der Waals surface area (Å²) in [6.45, 7) is 5.87. The van der Waals surface area contributed by atoms with Gasteiger partial charge in [-0.05, 0) is 30.4 Å². The number of hydrogen-bond donors (Lipinski definition) is 1. The Morgan fingerprint density at radius 2 is 2.12 bits per heavy atom. The smallest absolute Gasteiger partial charge is 0.139 e. The van der Waals surface area contributed by atoms with Crippen molar-refractivity contribution in [1.82, 2.24) is 10.3 Å². The van der Waals surface area contributed by atoms with E-state index in [1.807, 2.05) is 6.20 Å². The molecule has 2 aliphatic rings. The van der Waals surface area contributed by atoms with E-state index in [0.29, 0.717) is 31.1 Å². The highest BCUT2D eigenvalue weighted by molar-refractivity contribution is 6.01. The molecule has 1 atom stereocenters. The van der Waals surface area contributed by atoms with Gasteiger partial charge in [0.2, 0.25) is 0 Å². The maximum Gasteiger partial charge on any atom is 0.139 e. The lowest BCUT2D eigenvalue weighted by Gasteiger charge is -2.27. The number of Topliss-reactive ketones (excluding diaryl/α,β-unsaturated/α-hetero) is 1. The van der Waals surface area contributed by atoms with Crippen molar-refractivity contribution in [3.05, 3.63) is 29.1 Å². The number of ketones is 1. The van der Waals surface area contributed by atoms with Gasteiger partial charge in [0.1, 0.15) is 11.6 Å². The van der Waals surface area contributed by atoms with Gasteiger partial charge in [-0.15, -0.1) is 0 Å². The van der Waals surface area contributed by atoms with Crippen molar-refractivity contribution in [2.45, 2.75) is 65.3 Å². The summed E-state index contributed by atoms with van der Waals surface area (Å²) >= 11 is 0. The quantitative estimate of drug-likeness (QED) is 0.867. The van der Waals surface area contributed by atoms with Crippen LogP contribution in [-0.2, 0) is 17.8 Å². The topological polar surface area (TPSA) is 54.4 Å². The predicted molar refractivity (Wildman–Crippen MR) is 97.2 cm³/mol. The second kappa shape index (κ2) is 7.91. The molecule has 130 valence electrons. The van der Waals surface area contributed by atoms with Crippen molar-refractivity contribution < 1.29 is 4.79 Å². The summed E-state index contributed by atoms with van der Waals surface area (Å²) < 4.78 is 0. The third kappa shape index (κ3) is 4.03. The molecule has 0 unspecified atom stereocenters. The zero-order valence-electron chi connectivity index (χ0n) is 15.0. The number of pyridine rings is 1. The molecule has 1 N–H and O–H groups in total. The largest absolute Gasteiger partial charge is 0.370 e. The lowest BCUT2D eigenvalue weighted by molar-refractivity contribution is -0.119. The van der Waals surface area contributed by atoms with Crippen LogP contribution >= 0.6 is 0 Å². The highest BCUT2D eigenvalue weighted by Gasteiger charge is 2.23.